The minimum absolute atomic E-state index is 0.0173. The topological polar surface area (TPSA) is 49.4 Å². The molecule has 3 rings (SSSR count). The minimum Gasteiger partial charge on any atom is -0.352 e. The lowest BCUT2D eigenvalue weighted by Gasteiger charge is -2.30. The molecule has 31 heavy (non-hydrogen) atoms. The van der Waals surface area contributed by atoms with E-state index in [1.54, 1.807) is 16.7 Å². The first kappa shape index (κ1) is 23.7. The molecule has 0 heterocycles. The Balaban J connectivity index is 1.66. The summed E-state index contributed by atoms with van der Waals surface area (Å²) in [5.74, 6) is 0.979. The average Bonchev–Trinajstić information content (AvgIpc) is 3.27. The van der Waals surface area contributed by atoms with Crippen molar-refractivity contribution in [3.8, 4) is 0 Å². The number of carbonyl (C=O) groups is 2. The molecule has 1 atom stereocenters. The van der Waals surface area contributed by atoms with Crippen molar-refractivity contribution >= 4 is 35.2 Å². The maximum atomic E-state index is 13.2. The van der Waals surface area contributed by atoms with E-state index in [2.05, 4.69) is 5.32 Å². The third kappa shape index (κ3) is 7.01. The van der Waals surface area contributed by atoms with E-state index in [9.17, 15) is 9.59 Å². The van der Waals surface area contributed by atoms with Crippen LogP contribution in [0.1, 0.15) is 49.3 Å². The van der Waals surface area contributed by atoms with Gasteiger partial charge in [0.1, 0.15) is 6.04 Å². The van der Waals surface area contributed by atoms with E-state index in [-0.39, 0.29) is 17.9 Å². The Morgan fingerprint density at radius 3 is 2.48 bits per heavy atom. The van der Waals surface area contributed by atoms with E-state index in [1.165, 1.54) is 0 Å². The maximum absolute atomic E-state index is 13.2. The van der Waals surface area contributed by atoms with Gasteiger partial charge in [0.25, 0.3) is 0 Å². The van der Waals surface area contributed by atoms with Gasteiger partial charge in [-0.05, 0) is 55.5 Å². The van der Waals surface area contributed by atoms with Gasteiger partial charge >= 0.3 is 0 Å². The second-order valence-corrected chi connectivity index (χ2v) is 9.66. The lowest BCUT2D eigenvalue weighted by Crippen LogP contribution is -2.50. The highest BCUT2D eigenvalue weighted by molar-refractivity contribution is 7.99. The minimum atomic E-state index is -0.510. The van der Waals surface area contributed by atoms with Crippen molar-refractivity contribution < 1.29 is 9.59 Å². The third-order valence-corrected chi connectivity index (χ3v) is 7.12. The van der Waals surface area contributed by atoms with Crippen LogP contribution in [0.3, 0.4) is 0 Å². The summed E-state index contributed by atoms with van der Waals surface area (Å²) in [7, 11) is 0. The van der Waals surface area contributed by atoms with Gasteiger partial charge in [0.2, 0.25) is 11.8 Å². The second kappa shape index (κ2) is 11.6. The largest absolute Gasteiger partial charge is 0.352 e. The van der Waals surface area contributed by atoms with E-state index in [4.69, 9.17) is 11.6 Å². The standard InChI is InChI=1S/C25H31ClN2O2S/c1-18-7-3-4-8-21(18)15-28(19(2)25(30)27-23-9-5-6-10-23)24(29)17-31-16-20-11-13-22(26)14-12-20/h3-4,7-8,11-14,19,23H,5-6,9-10,15-17H2,1-2H3,(H,27,30)/t19-/m1/s1. The fraction of sp³-hybridized carbons (Fsp3) is 0.440. The second-order valence-electron chi connectivity index (χ2n) is 8.23. The molecule has 0 unspecified atom stereocenters. The Bertz CT molecular complexity index is 881. The zero-order chi connectivity index (χ0) is 22.2. The fourth-order valence-corrected chi connectivity index (χ4v) is 4.86. The number of hydrogen-bond acceptors (Lipinski definition) is 3. The number of carbonyl (C=O) groups excluding carboxylic acids is 2. The molecule has 0 spiro atoms. The third-order valence-electron chi connectivity index (χ3n) is 5.88. The van der Waals surface area contributed by atoms with Gasteiger partial charge < -0.3 is 10.2 Å². The molecular weight excluding hydrogens is 428 g/mol. The molecule has 1 saturated carbocycles. The molecule has 2 aromatic carbocycles. The van der Waals surface area contributed by atoms with E-state index in [1.807, 2.05) is 62.4 Å². The number of thioether (sulfide) groups is 1. The Hall–Kier alpha value is -1.98. The number of aryl methyl sites for hydroxylation is 1. The lowest BCUT2D eigenvalue weighted by molar-refractivity contribution is -0.139. The zero-order valence-electron chi connectivity index (χ0n) is 18.3. The van der Waals surface area contributed by atoms with Gasteiger partial charge in [0.15, 0.2) is 0 Å². The number of amides is 2. The molecule has 4 nitrogen and oxygen atoms in total. The normalized spacial score (nSPS) is 14.9. The van der Waals surface area contributed by atoms with Gasteiger partial charge in [0, 0.05) is 23.4 Å². The molecule has 1 aliphatic carbocycles. The molecule has 0 saturated heterocycles. The highest BCUT2D eigenvalue weighted by Gasteiger charge is 2.28. The van der Waals surface area contributed by atoms with E-state index in [0.717, 1.165) is 48.1 Å². The Kier molecular flexibility index (Phi) is 8.85. The number of benzene rings is 2. The van der Waals surface area contributed by atoms with Gasteiger partial charge in [-0.1, -0.05) is 60.8 Å². The molecular formula is C25H31ClN2O2S. The van der Waals surface area contributed by atoms with Crippen LogP contribution in [-0.4, -0.2) is 34.6 Å². The lowest BCUT2D eigenvalue weighted by atomic mass is 10.1. The first-order valence-corrected chi connectivity index (χ1v) is 12.4. The van der Waals surface area contributed by atoms with Crippen LogP contribution < -0.4 is 5.32 Å². The van der Waals surface area contributed by atoms with Gasteiger partial charge in [0.05, 0.1) is 5.75 Å². The number of halogens is 1. The molecule has 166 valence electrons. The van der Waals surface area contributed by atoms with E-state index < -0.39 is 6.04 Å². The molecule has 0 aliphatic heterocycles. The Morgan fingerprint density at radius 1 is 1.13 bits per heavy atom. The van der Waals surface area contributed by atoms with Crippen LogP contribution in [0.15, 0.2) is 48.5 Å². The smallest absolute Gasteiger partial charge is 0.242 e. The van der Waals surface area contributed by atoms with Gasteiger partial charge in [-0.3, -0.25) is 9.59 Å². The van der Waals surface area contributed by atoms with Crippen molar-refractivity contribution in [2.24, 2.45) is 0 Å². The predicted molar refractivity (Wildman–Crippen MR) is 129 cm³/mol. The molecule has 1 fully saturated rings. The molecule has 1 aliphatic rings. The number of hydrogen-bond donors (Lipinski definition) is 1. The summed E-state index contributed by atoms with van der Waals surface area (Å²) in [5, 5.41) is 3.85. The van der Waals surface area contributed by atoms with Gasteiger partial charge in [-0.2, -0.15) is 0 Å². The first-order valence-electron chi connectivity index (χ1n) is 10.9. The van der Waals surface area contributed by atoms with Crippen molar-refractivity contribution in [1.82, 2.24) is 10.2 Å². The SMILES string of the molecule is Cc1ccccc1CN(C(=O)CSCc1ccc(Cl)cc1)[C@H](C)C(=O)NC1CCCC1. The van der Waals surface area contributed by atoms with E-state index in [0.29, 0.717) is 17.3 Å². The van der Waals surface area contributed by atoms with Crippen LogP contribution in [0, 0.1) is 6.92 Å². The predicted octanol–water partition coefficient (Wildman–Crippen LogP) is 5.36. The molecule has 0 radical (unpaired) electrons. The molecule has 1 N–H and O–H groups in total. The number of nitrogens with one attached hydrogen (secondary N) is 1. The van der Waals surface area contributed by atoms with Gasteiger partial charge in [-0.25, -0.2) is 0 Å². The van der Waals surface area contributed by atoms with Crippen molar-refractivity contribution in [3.63, 3.8) is 0 Å². The summed E-state index contributed by atoms with van der Waals surface area (Å²) < 4.78 is 0. The van der Waals surface area contributed by atoms with Crippen LogP contribution in [-0.2, 0) is 21.9 Å². The van der Waals surface area contributed by atoms with Crippen LogP contribution in [0.5, 0.6) is 0 Å². The van der Waals surface area contributed by atoms with Crippen molar-refractivity contribution in [1.29, 1.82) is 0 Å². The summed E-state index contributed by atoms with van der Waals surface area (Å²) in [6.07, 6.45) is 4.38. The summed E-state index contributed by atoms with van der Waals surface area (Å²) >= 11 is 7.51. The van der Waals surface area contributed by atoms with Crippen molar-refractivity contribution in [2.45, 2.75) is 63.9 Å². The fourth-order valence-electron chi connectivity index (χ4n) is 3.87. The summed E-state index contributed by atoms with van der Waals surface area (Å²) in [6.45, 7) is 4.31. The maximum Gasteiger partial charge on any atom is 0.242 e. The highest BCUT2D eigenvalue weighted by Crippen LogP contribution is 2.20. The summed E-state index contributed by atoms with van der Waals surface area (Å²) in [6, 6.07) is 15.4. The number of nitrogens with zero attached hydrogens (tertiary/aromatic N) is 1. The van der Waals surface area contributed by atoms with Crippen LogP contribution in [0.4, 0.5) is 0 Å². The molecule has 6 heteroatoms. The Labute approximate surface area is 194 Å². The van der Waals surface area contributed by atoms with E-state index >= 15 is 0 Å². The van der Waals surface area contributed by atoms with Crippen molar-refractivity contribution in [3.05, 3.63) is 70.2 Å². The molecule has 0 bridgehead atoms. The first-order chi connectivity index (χ1) is 14.9. The Morgan fingerprint density at radius 2 is 1.81 bits per heavy atom. The summed E-state index contributed by atoms with van der Waals surface area (Å²) in [4.78, 5) is 27.8. The van der Waals surface area contributed by atoms with Crippen LogP contribution in [0.25, 0.3) is 0 Å². The summed E-state index contributed by atoms with van der Waals surface area (Å²) in [5.41, 5.74) is 3.32. The highest BCUT2D eigenvalue weighted by atomic mass is 35.5. The average molecular weight is 459 g/mol. The quantitative estimate of drug-likeness (QED) is 0.550. The van der Waals surface area contributed by atoms with Crippen molar-refractivity contribution in [2.75, 3.05) is 5.75 Å². The number of rotatable bonds is 9. The molecule has 2 amide bonds. The van der Waals surface area contributed by atoms with Crippen LogP contribution >= 0.6 is 23.4 Å². The molecule has 0 aromatic heterocycles. The van der Waals surface area contributed by atoms with Crippen LogP contribution in [0.2, 0.25) is 5.02 Å². The monoisotopic (exact) mass is 458 g/mol. The van der Waals surface area contributed by atoms with Gasteiger partial charge in [-0.15, -0.1) is 11.8 Å². The zero-order valence-corrected chi connectivity index (χ0v) is 19.8. The molecule has 2 aromatic rings.